The Kier molecular flexibility index (Phi) is 6.05. The molecule has 51 heavy (non-hydrogen) atoms. The average Bonchev–Trinajstić information content (AvgIpc) is 3.88. The van der Waals surface area contributed by atoms with Crippen LogP contribution in [0.15, 0.2) is 162 Å². The summed E-state index contributed by atoms with van der Waals surface area (Å²) in [6.07, 6.45) is 0. The van der Waals surface area contributed by atoms with Crippen molar-refractivity contribution in [2.75, 3.05) is 0 Å². The van der Waals surface area contributed by atoms with Gasteiger partial charge in [-0.05, 0) is 30.3 Å². The quantitative estimate of drug-likeness (QED) is 0.187. The fraction of sp³-hybridized carbons (Fsp3) is 0. The molecule has 0 unspecified atom stereocenters. The van der Waals surface area contributed by atoms with Gasteiger partial charge in [0, 0.05) is 59.4 Å². The topological polar surface area (TPSA) is 56.7 Å². The molecule has 11 aromatic rings. The Balaban J connectivity index is 1.24. The van der Waals surface area contributed by atoms with Crippen LogP contribution in [0.2, 0.25) is 0 Å². The number of para-hydroxylation sites is 2. The van der Waals surface area contributed by atoms with Gasteiger partial charge in [-0.3, -0.25) is 0 Å². The Morgan fingerprint density at radius 3 is 1.80 bits per heavy atom. The van der Waals surface area contributed by atoms with Gasteiger partial charge in [0.15, 0.2) is 23.1 Å². The van der Waals surface area contributed by atoms with Crippen molar-refractivity contribution in [3.8, 4) is 39.9 Å². The molecular formula is C45H26N4OS. The van der Waals surface area contributed by atoms with E-state index in [2.05, 4.69) is 95.6 Å². The van der Waals surface area contributed by atoms with Gasteiger partial charge in [0.05, 0.1) is 15.7 Å². The second kappa shape index (κ2) is 10.9. The molecule has 7 aromatic carbocycles. The number of thiophene rings is 1. The highest BCUT2D eigenvalue weighted by Crippen LogP contribution is 2.50. The van der Waals surface area contributed by atoms with Crippen LogP contribution >= 0.6 is 11.3 Å². The predicted octanol–water partition coefficient (Wildman–Crippen LogP) is 12.2. The number of furan rings is 1. The molecular weight excluding hydrogens is 645 g/mol. The highest BCUT2D eigenvalue weighted by atomic mass is 32.1. The maximum atomic E-state index is 6.72. The molecule has 238 valence electrons. The van der Waals surface area contributed by atoms with E-state index < -0.39 is 0 Å². The average molecular weight is 671 g/mol. The Morgan fingerprint density at radius 2 is 1.06 bits per heavy atom. The van der Waals surface area contributed by atoms with E-state index in [9.17, 15) is 0 Å². The SMILES string of the molecule is c1ccc(-c2nc(-c3ccccc3)nc(-c3cccc(-n4c5ccccc5c5c6c7ccccc7oc6c6sc7ccccc7c6c54)c3)n2)cc1. The molecule has 0 saturated heterocycles. The Hall–Kier alpha value is -6.63. The predicted molar refractivity (Wildman–Crippen MR) is 211 cm³/mol. The molecule has 0 atom stereocenters. The van der Waals surface area contributed by atoms with Gasteiger partial charge in [-0.25, -0.2) is 15.0 Å². The molecule has 0 amide bonds. The van der Waals surface area contributed by atoms with Gasteiger partial charge in [-0.15, -0.1) is 11.3 Å². The largest absolute Gasteiger partial charge is 0.455 e. The summed E-state index contributed by atoms with van der Waals surface area (Å²) in [4.78, 5) is 15.0. The van der Waals surface area contributed by atoms with Crippen molar-refractivity contribution in [3.63, 3.8) is 0 Å². The number of fused-ring (bicyclic) bond motifs is 12. The zero-order valence-electron chi connectivity index (χ0n) is 27.1. The van der Waals surface area contributed by atoms with Crippen molar-refractivity contribution in [2.45, 2.75) is 0 Å². The number of aromatic nitrogens is 4. The van der Waals surface area contributed by atoms with Crippen LogP contribution in [0.5, 0.6) is 0 Å². The Morgan fingerprint density at radius 1 is 0.471 bits per heavy atom. The summed E-state index contributed by atoms with van der Waals surface area (Å²) in [5, 5.41) is 7.09. The highest BCUT2D eigenvalue weighted by Gasteiger charge is 2.25. The molecule has 0 saturated carbocycles. The van der Waals surface area contributed by atoms with Gasteiger partial charge in [0.2, 0.25) is 0 Å². The molecule has 0 fully saturated rings. The summed E-state index contributed by atoms with van der Waals surface area (Å²) in [5.74, 6) is 1.91. The first-order chi connectivity index (χ1) is 25.3. The smallest absolute Gasteiger partial charge is 0.164 e. The fourth-order valence-electron chi connectivity index (χ4n) is 7.61. The van der Waals surface area contributed by atoms with Crippen LogP contribution in [-0.4, -0.2) is 19.5 Å². The second-order valence-corrected chi connectivity index (χ2v) is 13.8. The van der Waals surface area contributed by atoms with Gasteiger partial charge in [0.25, 0.3) is 0 Å². The van der Waals surface area contributed by atoms with E-state index >= 15 is 0 Å². The van der Waals surface area contributed by atoms with Crippen molar-refractivity contribution in [1.29, 1.82) is 0 Å². The molecule has 0 spiro atoms. The molecule has 0 aliphatic rings. The van der Waals surface area contributed by atoms with Crippen LogP contribution in [0, 0.1) is 0 Å². The van der Waals surface area contributed by atoms with Crippen LogP contribution in [0.4, 0.5) is 0 Å². The van der Waals surface area contributed by atoms with E-state index in [1.807, 2.05) is 66.7 Å². The zero-order valence-corrected chi connectivity index (χ0v) is 27.9. The summed E-state index contributed by atoms with van der Waals surface area (Å²) in [6, 6.07) is 54.6. The zero-order chi connectivity index (χ0) is 33.5. The first-order valence-corrected chi connectivity index (χ1v) is 17.8. The number of nitrogens with zero attached hydrogens (tertiary/aromatic N) is 4. The van der Waals surface area contributed by atoms with Gasteiger partial charge in [0.1, 0.15) is 5.58 Å². The summed E-state index contributed by atoms with van der Waals surface area (Å²) in [7, 11) is 0. The minimum Gasteiger partial charge on any atom is -0.455 e. The third-order valence-corrected chi connectivity index (χ3v) is 11.0. The van der Waals surface area contributed by atoms with Crippen LogP contribution in [0.25, 0.3) is 104 Å². The third kappa shape index (κ3) is 4.24. The lowest BCUT2D eigenvalue weighted by Crippen LogP contribution is -2.01. The standard InChI is InChI=1S/C45H26N4OS/c1-3-14-27(15-4-1)43-46-44(28-16-5-2-6-17-28)48-45(47-43)29-18-13-19-30(26-29)49-34-23-10-7-20-31(34)37-38-32-21-8-11-24-35(32)50-41(38)42-39(40(37)49)33-22-9-12-25-36(33)51-42/h1-26H. The maximum Gasteiger partial charge on any atom is 0.164 e. The van der Waals surface area contributed by atoms with Crippen molar-refractivity contribution >= 4 is 75.3 Å². The summed E-state index contributed by atoms with van der Waals surface area (Å²) < 4.78 is 11.5. The van der Waals surface area contributed by atoms with E-state index in [0.29, 0.717) is 17.5 Å². The number of hydrogen-bond donors (Lipinski definition) is 0. The number of rotatable bonds is 4. The monoisotopic (exact) mass is 670 g/mol. The van der Waals surface area contributed by atoms with Crippen molar-refractivity contribution in [1.82, 2.24) is 19.5 Å². The van der Waals surface area contributed by atoms with E-state index in [-0.39, 0.29) is 0 Å². The van der Waals surface area contributed by atoms with E-state index in [0.717, 1.165) is 54.5 Å². The van der Waals surface area contributed by atoms with E-state index in [4.69, 9.17) is 19.4 Å². The van der Waals surface area contributed by atoms with Crippen molar-refractivity contribution < 1.29 is 4.42 Å². The lowest BCUT2D eigenvalue weighted by Gasteiger charge is -2.12. The van der Waals surface area contributed by atoms with Crippen molar-refractivity contribution in [2.24, 2.45) is 0 Å². The summed E-state index contributed by atoms with van der Waals surface area (Å²) >= 11 is 1.80. The van der Waals surface area contributed by atoms with Gasteiger partial charge in [-0.2, -0.15) is 0 Å². The van der Waals surface area contributed by atoms with Crippen molar-refractivity contribution in [3.05, 3.63) is 158 Å². The lowest BCUT2D eigenvalue weighted by molar-refractivity contribution is 0.673. The summed E-state index contributed by atoms with van der Waals surface area (Å²) in [5.41, 5.74) is 7.98. The normalized spacial score (nSPS) is 11.9. The van der Waals surface area contributed by atoms with E-state index in [1.165, 1.54) is 31.8 Å². The minimum atomic E-state index is 0.625. The molecule has 4 heterocycles. The second-order valence-electron chi connectivity index (χ2n) is 12.8. The van der Waals surface area contributed by atoms with Gasteiger partial charge >= 0.3 is 0 Å². The van der Waals surface area contributed by atoms with Crippen LogP contribution in [0.1, 0.15) is 0 Å². The Labute approximate surface area is 295 Å². The molecule has 11 rings (SSSR count). The molecule has 0 bridgehead atoms. The lowest BCUT2D eigenvalue weighted by atomic mass is 10.0. The molecule has 5 nitrogen and oxygen atoms in total. The number of hydrogen-bond acceptors (Lipinski definition) is 5. The fourth-order valence-corrected chi connectivity index (χ4v) is 8.81. The van der Waals surface area contributed by atoms with Crippen LogP contribution in [-0.2, 0) is 0 Å². The minimum absolute atomic E-state index is 0.625. The molecule has 6 heteroatoms. The first-order valence-electron chi connectivity index (χ1n) is 17.0. The third-order valence-electron chi connectivity index (χ3n) is 9.82. The summed E-state index contributed by atoms with van der Waals surface area (Å²) in [6.45, 7) is 0. The maximum absolute atomic E-state index is 6.72. The van der Waals surface area contributed by atoms with E-state index in [1.54, 1.807) is 11.3 Å². The molecule has 4 aromatic heterocycles. The van der Waals surface area contributed by atoms with Gasteiger partial charge in [-0.1, -0.05) is 127 Å². The molecule has 0 N–H and O–H groups in total. The first kappa shape index (κ1) is 28.2. The Bertz CT molecular complexity index is 3080. The molecule has 0 aliphatic heterocycles. The van der Waals surface area contributed by atoms with Gasteiger partial charge < -0.3 is 8.98 Å². The molecule has 0 aliphatic carbocycles. The number of benzene rings is 7. The van der Waals surface area contributed by atoms with Crippen LogP contribution < -0.4 is 0 Å². The highest BCUT2D eigenvalue weighted by molar-refractivity contribution is 7.26. The van der Waals surface area contributed by atoms with Crippen LogP contribution in [0.3, 0.4) is 0 Å². The molecule has 0 radical (unpaired) electrons.